The zero-order chi connectivity index (χ0) is 38.8. The molecule has 0 saturated carbocycles. The maximum absolute atomic E-state index is 13.9. The largest absolute Gasteiger partial charge is 0.368 e. The van der Waals surface area contributed by atoms with Crippen LogP contribution < -0.4 is 10.6 Å². The Hall–Kier alpha value is -5.01. The SMILES string of the molecule is CN(C)[C@@H](C(=O)N1CSC[C@H]1c1ncc(-c2ccc(-c3ccc(C4=CNC([C@@H]5CSCN5C(=O)[C@@H](c5ccccc5)N(C)C)N4)cc3)cc2)[nH]1)c1ccccc1. The molecule has 5 atom stereocenters. The van der Waals surface area contributed by atoms with Gasteiger partial charge in [-0.05, 0) is 61.6 Å². The number of aromatic amines is 1. The highest BCUT2D eigenvalue weighted by atomic mass is 32.2. The summed E-state index contributed by atoms with van der Waals surface area (Å²) < 4.78 is 0. The number of carbonyl (C=O) groups is 2. The van der Waals surface area contributed by atoms with E-state index in [4.69, 9.17) is 4.98 Å². The Morgan fingerprint density at radius 2 is 1.20 bits per heavy atom. The van der Waals surface area contributed by atoms with Crippen LogP contribution in [-0.4, -0.2) is 105 Å². The third-order valence-electron chi connectivity index (χ3n) is 10.8. The van der Waals surface area contributed by atoms with Gasteiger partial charge in [-0.15, -0.1) is 23.5 Å². The molecule has 56 heavy (non-hydrogen) atoms. The van der Waals surface area contributed by atoms with Crippen LogP contribution in [0.4, 0.5) is 0 Å². The number of imidazole rings is 1. The van der Waals surface area contributed by atoms with Crippen LogP contribution in [0.15, 0.2) is 122 Å². The van der Waals surface area contributed by atoms with E-state index in [0.717, 1.165) is 62.1 Å². The van der Waals surface area contributed by atoms with E-state index in [0.29, 0.717) is 11.8 Å². The first-order chi connectivity index (χ1) is 27.3. The van der Waals surface area contributed by atoms with Crippen molar-refractivity contribution >= 4 is 41.0 Å². The standard InChI is InChI=1S/C44H48N8O2S2/c1-49(2)39(33-11-7-5-8-12-33)43(53)51-27-55-25-37(51)41-45-23-35(47-41)31-19-15-29(16-20-31)30-17-21-32(22-18-30)36-24-46-42(48-36)38-26-56-28-52(38)44(54)40(50(3)4)34-13-9-6-10-14-34/h5-24,37-41,45,47H,25-28H2,1-4H3,(H,46,48)/t37-,38-,39+,40+,41?/m0/s1. The molecule has 0 bridgehead atoms. The van der Waals surface area contributed by atoms with Crippen molar-refractivity contribution < 1.29 is 9.59 Å². The summed E-state index contributed by atoms with van der Waals surface area (Å²) >= 11 is 3.55. The fraction of sp³-hybridized carbons (Fsp3) is 0.295. The lowest BCUT2D eigenvalue weighted by Gasteiger charge is -2.34. The molecule has 1 aromatic heterocycles. The third kappa shape index (κ3) is 7.71. The van der Waals surface area contributed by atoms with Crippen molar-refractivity contribution in [2.75, 3.05) is 51.4 Å². The molecule has 0 radical (unpaired) electrons. The molecule has 5 aromatic rings. The van der Waals surface area contributed by atoms with Crippen molar-refractivity contribution in [3.05, 3.63) is 144 Å². The topological polar surface area (TPSA) is 99.8 Å². The zero-order valence-corrected chi connectivity index (χ0v) is 33.8. The van der Waals surface area contributed by atoms with Crippen molar-refractivity contribution in [2.24, 2.45) is 0 Å². The molecular weight excluding hydrogens is 737 g/mol. The average molecular weight is 785 g/mol. The second-order valence-corrected chi connectivity index (χ2v) is 16.9. The summed E-state index contributed by atoms with van der Waals surface area (Å²) in [7, 11) is 7.84. The van der Waals surface area contributed by atoms with E-state index in [2.05, 4.69) is 64.1 Å². The number of nitrogens with zero attached hydrogens (tertiary/aromatic N) is 5. The van der Waals surface area contributed by atoms with Gasteiger partial charge in [-0.25, -0.2) is 4.98 Å². The Labute approximate surface area is 337 Å². The fourth-order valence-electron chi connectivity index (χ4n) is 7.89. The Morgan fingerprint density at radius 1 is 0.679 bits per heavy atom. The van der Waals surface area contributed by atoms with Crippen LogP contribution in [0.25, 0.3) is 28.1 Å². The maximum atomic E-state index is 13.9. The predicted octanol–water partition coefficient (Wildman–Crippen LogP) is 6.64. The first-order valence-corrected chi connectivity index (χ1v) is 21.3. The fourth-order valence-corrected chi connectivity index (χ4v) is 10.3. The summed E-state index contributed by atoms with van der Waals surface area (Å²) in [4.78, 5) is 44.1. The number of amides is 2. The van der Waals surface area contributed by atoms with Crippen LogP contribution in [0.2, 0.25) is 0 Å². The minimum Gasteiger partial charge on any atom is -0.368 e. The van der Waals surface area contributed by atoms with Crippen LogP contribution in [-0.2, 0) is 9.59 Å². The Morgan fingerprint density at radius 3 is 1.79 bits per heavy atom. The van der Waals surface area contributed by atoms with E-state index in [1.807, 2.05) is 121 Å². The van der Waals surface area contributed by atoms with E-state index in [9.17, 15) is 9.59 Å². The van der Waals surface area contributed by atoms with E-state index in [-0.39, 0.29) is 42.1 Å². The number of thioether (sulfide) groups is 2. The summed E-state index contributed by atoms with van der Waals surface area (Å²) in [6.45, 7) is 0. The molecule has 10 nitrogen and oxygen atoms in total. The molecule has 2 amide bonds. The number of hydrogen-bond donors (Lipinski definition) is 3. The van der Waals surface area contributed by atoms with Crippen LogP contribution in [0.3, 0.4) is 0 Å². The van der Waals surface area contributed by atoms with Gasteiger partial charge in [0.2, 0.25) is 11.8 Å². The first-order valence-electron chi connectivity index (χ1n) is 18.9. The normalized spacial score (nSPS) is 20.5. The Kier molecular flexibility index (Phi) is 11.2. The summed E-state index contributed by atoms with van der Waals surface area (Å²) in [6, 6.07) is 36.3. The number of aromatic nitrogens is 2. The lowest BCUT2D eigenvalue weighted by molar-refractivity contribution is -0.138. The molecular formula is C44H48N8O2S2. The van der Waals surface area contributed by atoms with Gasteiger partial charge in [0.15, 0.2) is 0 Å². The highest BCUT2D eigenvalue weighted by Crippen LogP contribution is 2.37. The van der Waals surface area contributed by atoms with Gasteiger partial charge in [-0.2, -0.15) is 0 Å². The second-order valence-electron chi connectivity index (χ2n) is 14.9. The van der Waals surface area contributed by atoms with E-state index >= 15 is 0 Å². The second kappa shape index (κ2) is 16.6. The number of rotatable bonds is 11. The maximum Gasteiger partial charge on any atom is 0.245 e. The van der Waals surface area contributed by atoms with E-state index < -0.39 is 0 Å². The number of H-pyrrole nitrogens is 1. The van der Waals surface area contributed by atoms with Crippen LogP contribution in [0, 0.1) is 0 Å². The van der Waals surface area contributed by atoms with Crippen molar-refractivity contribution in [3.8, 4) is 22.4 Å². The van der Waals surface area contributed by atoms with Gasteiger partial charge in [0.25, 0.3) is 0 Å². The molecule has 288 valence electrons. The number of nitrogens with one attached hydrogen (secondary N) is 3. The zero-order valence-electron chi connectivity index (χ0n) is 32.1. The minimum absolute atomic E-state index is 0.0182. The minimum atomic E-state index is -0.353. The van der Waals surface area contributed by atoms with Gasteiger partial charge in [-0.3, -0.25) is 19.4 Å². The van der Waals surface area contributed by atoms with Gasteiger partial charge >= 0.3 is 0 Å². The number of hydrogen-bond acceptors (Lipinski definition) is 9. The Balaban J connectivity index is 0.900. The van der Waals surface area contributed by atoms with Crippen LogP contribution in [0.5, 0.6) is 0 Å². The summed E-state index contributed by atoms with van der Waals surface area (Å²) in [5.74, 6) is 4.01. The first kappa shape index (κ1) is 37.9. The van der Waals surface area contributed by atoms with Gasteiger partial charge < -0.3 is 25.4 Å². The van der Waals surface area contributed by atoms with Crippen LogP contribution >= 0.6 is 23.5 Å². The number of benzene rings is 4. The lowest BCUT2D eigenvalue weighted by atomic mass is 10.0. The monoisotopic (exact) mass is 784 g/mol. The highest BCUT2D eigenvalue weighted by Gasteiger charge is 2.41. The van der Waals surface area contributed by atoms with Crippen molar-refractivity contribution in [1.82, 2.24) is 40.2 Å². The molecule has 2 saturated heterocycles. The predicted molar refractivity (Wildman–Crippen MR) is 228 cm³/mol. The summed E-state index contributed by atoms with van der Waals surface area (Å²) in [5, 5.41) is 7.20. The van der Waals surface area contributed by atoms with Gasteiger partial charge in [0.1, 0.15) is 24.1 Å². The van der Waals surface area contributed by atoms with Gasteiger partial charge in [0.05, 0.1) is 41.4 Å². The van der Waals surface area contributed by atoms with E-state index in [1.54, 1.807) is 23.5 Å². The van der Waals surface area contributed by atoms with Crippen LogP contribution in [0.1, 0.15) is 40.6 Å². The molecule has 4 heterocycles. The summed E-state index contributed by atoms with van der Waals surface area (Å²) in [5.41, 5.74) is 8.31. The molecule has 3 aliphatic heterocycles. The van der Waals surface area contributed by atoms with Gasteiger partial charge in [0, 0.05) is 17.7 Å². The van der Waals surface area contributed by atoms with E-state index in [1.165, 1.54) is 0 Å². The molecule has 3 aliphatic rings. The smallest absolute Gasteiger partial charge is 0.245 e. The summed E-state index contributed by atoms with van der Waals surface area (Å²) in [6.07, 6.45) is 3.83. The molecule has 12 heteroatoms. The quantitative estimate of drug-likeness (QED) is 0.136. The number of likely N-dealkylation sites (N-methyl/N-ethyl adjacent to an activating group) is 2. The third-order valence-corrected chi connectivity index (χ3v) is 12.9. The molecule has 8 rings (SSSR count). The van der Waals surface area contributed by atoms with Crippen molar-refractivity contribution in [3.63, 3.8) is 0 Å². The molecule has 0 spiro atoms. The molecule has 4 aromatic carbocycles. The van der Waals surface area contributed by atoms with Crippen molar-refractivity contribution in [1.29, 1.82) is 0 Å². The lowest BCUT2D eigenvalue weighted by Crippen LogP contribution is -2.54. The average Bonchev–Trinajstić information content (AvgIpc) is 4.06. The molecule has 0 aliphatic carbocycles. The molecule has 1 unspecified atom stereocenters. The molecule has 2 fully saturated rings. The van der Waals surface area contributed by atoms with Crippen molar-refractivity contribution in [2.45, 2.75) is 30.3 Å². The number of carbonyl (C=O) groups excluding carboxylic acids is 2. The molecule has 3 N–H and O–H groups in total. The van der Waals surface area contributed by atoms with Gasteiger partial charge in [-0.1, -0.05) is 109 Å². The highest BCUT2D eigenvalue weighted by molar-refractivity contribution is 7.99. The Bertz CT molecular complexity index is 2160.